The minimum Gasteiger partial charge on any atom is -0.298 e. The summed E-state index contributed by atoms with van der Waals surface area (Å²) in [6.07, 6.45) is 2.12. The predicted octanol–water partition coefficient (Wildman–Crippen LogP) is 0.780. The Labute approximate surface area is 85.3 Å². The zero-order valence-corrected chi connectivity index (χ0v) is 9.51. The molecule has 0 radical (unpaired) electrons. The van der Waals surface area contributed by atoms with Gasteiger partial charge in [0.05, 0.1) is 11.8 Å². The first-order chi connectivity index (χ1) is 6.44. The van der Waals surface area contributed by atoms with Crippen molar-refractivity contribution in [1.29, 1.82) is 0 Å². The van der Waals surface area contributed by atoms with Gasteiger partial charge in [0.15, 0.2) is 0 Å². The van der Waals surface area contributed by atoms with Crippen LogP contribution in [0, 0.1) is 0 Å². The summed E-state index contributed by atoms with van der Waals surface area (Å²) in [4.78, 5) is 11.3. The first kappa shape index (κ1) is 11.7. The molecule has 0 N–H and O–H groups in total. The fourth-order valence-corrected chi connectivity index (χ4v) is 2.78. The standard InChI is InChI=1S/C9H17NO3S/c1-8(2)14(12,13)10-6-4-3-5-9(11)7-10/h8H,3-7H2,1-2H3. The maximum atomic E-state index is 11.8. The van der Waals surface area contributed by atoms with Gasteiger partial charge < -0.3 is 0 Å². The van der Waals surface area contributed by atoms with Crippen molar-refractivity contribution in [1.82, 2.24) is 4.31 Å². The van der Waals surface area contributed by atoms with Gasteiger partial charge in [-0.25, -0.2) is 8.42 Å². The summed E-state index contributed by atoms with van der Waals surface area (Å²) in [7, 11) is -3.24. The normalized spacial score (nSPS) is 21.2. The Bertz CT molecular complexity index is 308. The lowest BCUT2D eigenvalue weighted by atomic mass is 10.2. The molecule has 1 saturated heterocycles. The second kappa shape index (κ2) is 4.40. The molecule has 0 spiro atoms. The molecule has 0 bridgehead atoms. The fourth-order valence-electron chi connectivity index (χ4n) is 1.48. The molecule has 4 nitrogen and oxygen atoms in total. The Morgan fingerprint density at radius 3 is 2.50 bits per heavy atom. The van der Waals surface area contributed by atoms with Gasteiger partial charge in [-0.15, -0.1) is 0 Å². The Balaban J connectivity index is 2.81. The molecule has 0 aromatic heterocycles. The third kappa shape index (κ3) is 2.54. The zero-order chi connectivity index (χ0) is 10.8. The van der Waals surface area contributed by atoms with Gasteiger partial charge in [0, 0.05) is 13.0 Å². The van der Waals surface area contributed by atoms with Crippen LogP contribution in [0.2, 0.25) is 0 Å². The fraction of sp³-hybridized carbons (Fsp3) is 0.889. The Hall–Kier alpha value is -0.420. The summed E-state index contributed by atoms with van der Waals surface area (Å²) >= 11 is 0. The molecule has 0 aromatic carbocycles. The number of sulfonamides is 1. The number of nitrogens with zero attached hydrogens (tertiary/aromatic N) is 1. The third-order valence-electron chi connectivity index (χ3n) is 2.42. The number of carbonyl (C=O) groups excluding carboxylic acids is 1. The average Bonchev–Trinajstić information content (AvgIpc) is 2.29. The molecule has 0 unspecified atom stereocenters. The lowest BCUT2D eigenvalue weighted by molar-refractivity contribution is -0.118. The maximum Gasteiger partial charge on any atom is 0.216 e. The van der Waals surface area contributed by atoms with Gasteiger partial charge >= 0.3 is 0 Å². The van der Waals surface area contributed by atoms with Crippen molar-refractivity contribution in [3.63, 3.8) is 0 Å². The zero-order valence-electron chi connectivity index (χ0n) is 8.69. The van der Waals surface area contributed by atoms with E-state index >= 15 is 0 Å². The van der Waals surface area contributed by atoms with Crippen LogP contribution in [0.1, 0.15) is 33.1 Å². The molecule has 0 amide bonds. The summed E-state index contributed by atoms with van der Waals surface area (Å²) in [6.45, 7) is 3.85. The molecular weight excluding hydrogens is 202 g/mol. The van der Waals surface area contributed by atoms with Crippen LogP contribution in [0.5, 0.6) is 0 Å². The van der Waals surface area contributed by atoms with E-state index < -0.39 is 15.3 Å². The van der Waals surface area contributed by atoms with Crippen LogP contribution in [0.15, 0.2) is 0 Å². The lowest BCUT2D eigenvalue weighted by Gasteiger charge is -2.21. The number of hydrogen-bond donors (Lipinski definition) is 0. The molecular formula is C9H17NO3S. The molecule has 1 aliphatic rings. The second-order valence-corrected chi connectivity index (χ2v) is 6.41. The van der Waals surface area contributed by atoms with Crippen LogP contribution < -0.4 is 0 Å². The van der Waals surface area contributed by atoms with Crippen molar-refractivity contribution in [2.24, 2.45) is 0 Å². The van der Waals surface area contributed by atoms with Crippen LogP contribution in [0.25, 0.3) is 0 Å². The molecule has 0 saturated carbocycles. The monoisotopic (exact) mass is 219 g/mol. The molecule has 14 heavy (non-hydrogen) atoms. The van der Waals surface area contributed by atoms with Gasteiger partial charge in [0.1, 0.15) is 5.78 Å². The van der Waals surface area contributed by atoms with Crippen molar-refractivity contribution in [3.8, 4) is 0 Å². The van der Waals surface area contributed by atoms with Crippen LogP contribution in [0.4, 0.5) is 0 Å². The molecule has 82 valence electrons. The van der Waals surface area contributed by atoms with Gasteiger partial charge in [-0.3, -0.25) is 4.79 Å². The molecule has 1 heterocycles. The highest BCUT2D eigenvalue weighted by molar-refractivity contribution is 7.89. The van der Waals surface area contributed by atoms with E-state index in [2.05, 4.69) is 0 Å². The molecule has 5 heteroatoms. The molecule has 0 atom stereocenters. The number of ketones is 1. The van der Waals surface area contributed by atoms with Gasteiger partial charge in [-0.05, 0) is 26.7 Å². The van der Waals surface area contributed by atoms with E-state index in [1.54, 1.807) is 13.8 Å². The SMILES string of the molecule is CC(C)S(=O)(=O)N1CCCCC(=O)C1. The van der Waals surface area contributed by atoms with E-state index in [1.807, 2.05) is 0 Å². The van der Waals surface area contributed by atoms with Gasteiger partial charge in [-0.1, -0.05) is 0 Å². The summed E-state index contributed by atoms with van der Waals surface area (Å²) < 4.78 is 24.8. The van der Waals surface area contributed by atoms with Crippen molar-refractivity contribution in [2.45, 2.75) is 38.4 Å². The minimum absolute atomic E-state index is 0.0340. The summed E-state index contributed by atoms with van der Waals surface area (Å²) in [6, 6.07) is 0. The predicted molar refractivity (Wildman–Crippen MR) is 54.5 cm³/mol. The van der Waals surface area contributed by atoms with Gasteiger partial charge in [-0.2, -0.15) is 4.31 Å². The molecule has 1 rings (SSSR count). The Morgan fingerprint density at radius 2 is 1.93 bits per heavy atom. The topological polar surface area (TPSA) is 54.5 Å². The van der Waals surface area contributed by atoms with Crippen LogP contribution in [0.3, 0.4) is 0 Å². The second-order valence-electron chi connectivity index (χ2n) is 3.92. The van der Waals surface area contributed by atoms with Crippen LogP contribution in [-0.4, -0.2) is 36.8 Å². The smallest absolute Gasteiger partial charge is 0.216 e. The van der Waals surface area contributed by atoms with E-state index in [9.17, 15) is 13.2 Å². The lowest BCUT2D eigenvalue weighted by Crippen LogP contribution is -2.39. The molecule has 0 aliphatic carbocycles. The average molecular weight is 219 g/mol. The van der Waals surface area contributed by atoms with E-state index in [0.29, 0.717) is 13.0 Å². The molecule has 1 fully saturated rings. The van der Waals surface area contributed by atoms with Crippen LogP contribution >= 0.6 is 0 Å². The molecule has 0 aromatic rings. The first-order valence-electron chi connectivity index (χ1n) is 4.95. The summed E-state index contributed by atoms with van der Waals surface area (Å²) in [5.74, 6) is 0.0340. The first-order valence-corrected chi connectivity index (χ1v) is 6.45. The van der Waals surface area contributed by atoms with Crippen molar-refractivity contribution in [3.05, 3.63) is 0 Å². The van der Waals surface area contributed by atoms with E-state index in [1.165, 1.54) is 4.31 Å². The van der Waals surface area contributed by atoms with Crippen molar-refractivity contribution in [2.75, 3.05) is 13.1 Å². The van der Waals surface area contributed by atoms with Crippen LogP contribution in [-0.2, 0) is 14.8 Å². The number of hydrogen-bond acceptors (Lipinski definition) is 3. The number of Topliss-reactive ketones (excluding diaryl/α,β-unsaturated/α-hetero) is 1. The van der Waals surface area contributed by atoms with E-state index in [-0.39, 0.29) is 12.3 Å². The molecule has 1 aliphatic heterocycles. The maximum absolute atomic E-state index is 11.8. The summed E-state index contributed by atoms with van der Waals surface area (Å²) in [5.41, 5.74) is 0. The van der Waals surface area contributed by atoms with Crippen molar-refractivity contribution >= 4 is 15.8 Å². The number of carbonyl (C=O) groups is 1. The van der Waals surface area contributed by atoms with Crippen molar-refractivity contribution < 1.29 is 13.2 Å². The highest BCUT2D eigenvalue weighted by Crippen LogP contribution is 2.14. The number of rotatable bonds is 2. The van der Waals surface area contributed by atoms with Gasteiger partial charge in [0.25, 0.3) is 0 Å². The Morgan fingerprint density at radius 1 is 1.29 bits per heavy atom. The van der Waals surface area contributed by atoms with E-state index in [0.717, 1.165) is 12.8 Å². The quantitative estimate of drug-likeness (QED) is 0.689. The minimum atomic E-state index is -3.24. The largest absolute Gasteiger partial charge is 0.298 e. The highest BCUT2D eigenvalue weighted by atomic mass is 32.2. The Kier molecular flexibility index (Phi) is 3.66. The van der Waals surface area contributed by atoms with E-state index in [4.69, 9.17) is 0 Å². The third-order valence-corrected chi connectivity index (χ3v) is 4.64. The highest BCUT2D eigenvalue weighted by Gasteiger charge is 2.28. The van der Waals surface area contributed by atoms with Gasteiger partial charge in [0.2, 0.25) is 10.0 Å². The summed E-state index contributed by atoms with van der Waals surface area (Å²) in [5, 5.41) is -0.437.